The standard InChI is InChI=1S/C25H24N6O9S.Na/c1-12-19(40-13(2)32)18(23(36)37)31-21(35)17(22(31)41-12)27-20(34)16(14-6-4-3-5-7-14)28-24(38)30-11-10-29(25(30)39)15(33)8-9-26;/h3-7,12,16-17,22H,8,10-11H2,1-2H3,(H,27,34)(H,28,38)(H,36,37);/q;+1/p-1/t12?,16-,17?,22-;/m1./s1. The first-order chi connectivity index (χ1) is 19.5. The summed E-state index contributed by atoms with van der Waals surface area (Å²) < 4.78 is 5.03. The summed E-state index contributed by atoms with van der Waals surface area (Å²) in [6.45, 7) is 2.36. The Balaban J connectivity index is 0.00000484. The average Bonchev–Trinajstić information content (AvgIpc) is 3.32. The second-order valence-electron chi connectivity index (χ2n) is 9.06. The third-order valence-electron chi connectivity index (χ3n) is 6.42. The number of nitrogens with one attached hydrogen (secondary N) is 2. The van der Waals surface area contributed by atoms with Gasteiger partial charge < -0.3 is 25.3 Å². The number of hydrogen-bond acceptors (Lipinski definition) is 11. The van der Waals surface area contributed by atoms with Crippen LogP contribution in [0.15, 0.2) is 41.8 Å². The molecule has 3 aliphatic heterocycles. The molecule has 15 nitrogen and oxygen atoms in total. The number of carbonyl (C=O) groups excluding carboxylic acids is 7. The van der Waals surface area contributed by atoms with Crippen LogP contribution in [-0.4, -0.2) is 86.2 Å². The van der Waals surface area contributed by atoms with Crippen molar-refractivity contribution in [2.75, 3.05) is 13.1 Å². The van der Waals surface area contributed by atoms with E-state index in [4.69, 9.17) is 10.00 Å². The molecular weight excluding hydrogens is 583 g/mol. The van der Waals surface area contributed by atoms with Gasteiger partial charge in [0.1, 0.15) is 35.3 Å². The number of carboxylic acids is 1. The monoisotopic (exact) mass is 606 g/mol. The van der Waals surface area contributed by atoms with Gasteiger partial charge in [-0.3, -0.25) is 29.0 Å². The second-order valence-corrected chi connectivity index (χ2v) is 10.5. The van der Waals surface area contributed by atoms with Crippen LogP contribution in [-0.2, 0) is 28.7 Å². The Bertz CT molecular complexity index is 1410. The molecule has 0 bridgehead atoms. The summed E-state index contributed by atoms with van der Waals surface area (Å²) in [7, 11) is 0. The van der Waals surface area contributed by atoms with Crippen molar-refractivity contribution < 1.29 is 73.0 Å². The molecule has 3 aliphatic rings. The number of carboxylic acid groups (broad SMARTS) is 1. The fraction of sp³-hybridized carbons (Fsp3) is 0.360. The van der Waals surface area contributed by atoms with Crippen LogP contribution in [0.25, 0.3) is 0 Å². The summed E-state index contributed by atoms with van der Waals surface area (Å²) in [5.41, 5.74) is -0.300. The number of rotatable bonds is 7. The van der Waals surface area contributed by atoms with Gasteiger partial charge in [0.15, 0.2) is 0 Å². The molecule has 214 valence electrons. The topological polar surface area (TPSA) is 209 Å². The zero-order chi connectivity index (χ0) is 30.0. The molecule has 2 fully saturated rings. The summed E-state index contributed by atoms with van der Waals surface area (Å²) in [5.74, 6) is -5.15. The van der Waals surface area contributed by atoms with Crippen LogP contribution in [0.4, 0.5) is 9.59 Å². The molecule has 4 atom stereocenters. The summed E-state index contributed by atoms with van der Waals surface area (Å²) >= 11 is 1.07. The molecule has 2 unspecified atom stereocenters. The number of thioether (sulfide) groups is 1. The quantitative estimate of drug-likeness (QED) is 0.173. The van der Waals surface area contributed by atoms with Gasteiger partial charge >= 0.3 is 47.6 Å². The maximum absolute atomic E-state index is 13.4. The van der Waals surface area contributed by atoms with Gasteiger partial charge in [-0.05, 0) is 12.5 Å². The van der Waals surface area contributed by atoms with Crippen LogP contribution in [0.2, 0.25) is 0 Å². The Hall–Kier alpha value is -3.91. The van der Waals surface area contributed by atoms with Gasteiger partial charge in [0.25, 0.3) is 5.91 Å². The predicted molar refractivity (Wildman–Crippen MR) is 135 cm³/mol. The molecule has 4 rings (SSSR count). The number of fused-ring (bicyclic) bond motifs is 1. The fourth-order valence-corrected chi connectivity index (χ4v) is 5.92. The van der Waals surface area contributed by atoms with E-state index in [1.807, 2.05) is 0 Å². The van der Waals surface area contributed by atoms with E-state index in [1.54, 1.807) is 31.2 Å². The normalized spacial score (nSPS) is 21.7. The molecular formula is C25H23N6NaO9S. The number of benzene rings is 1. The van der Waals surface area contributed by atoms with Crippen molar-refractivity contribution >= 4 is 53.5 Å². The summed E-state index contributed by atoms with van der Waals surface area (Å²) in [4.78, 5) is 89.8. The Labute approximate surface area is 265 Å². The van der Waals surface area contributed by atoms with Crippen LogP contribution in [0.1, 0.15) is 31.9 Å². The van der Waals surface area contributed by atoms with E-state index >= 15 is 0 Å². The summed E-state index contributed by atoms with van der Waals surface area (Å²) in [5, 5.41) is 24.0. The van der Waals surface area contributed by atoms with Crippen molar-refractivity contribution in [2.24, 2.45) is 0 Å². The Kier molecular flexibility index (Phi) is 10.4. The molecule has 0 saturated carbocycles. The van der Waals surface area contributed by atoms with E-state index in [-0.39, 0.29) is 48.4 Å². The number of aliphatic carboxylic acids is 1. The third kappa shape index (κ3) is 6.28. The molecule has 7 amide bonds. The first-order valence-electron chi connectivity index (χ1n) is 12.2. The van der Waals surface area contributed by atoms with Crippen molar-refractivity contribution in [3.63, 3.8) is 0 Å². The number of hydrogen-bond donors (Lipinski definition) is 2. The van der Waals surface area contributed by atoms with Crippen LogP contribution in [0, 0.1) is 11.3 Å². The SMILES string of the molecule is CC(=O)OC1=C(C(=O)[O-])N2C(=O)C(NC(=O)[C@H](NC(=O)N3CCN(C(=O)CC#N)C3=O)c3ccccc3)[C@H]2SC1C.[Na+]. The van der Waals surface area contributed by atoms with Gasteiger partial charge in [0.05, 0.1) is 23.8 Å². The Morgan fingerprint density at radius 2 is 1.79 bits per heavy atom. The van der Waals surface area contributed by atoms with E-state index in [1.165, 1.54) is 12.1 Å². The Morgan fingerprint density at radius 3 is 2.38 bits per heavy atom. The number of nitriles is 1. The first kappa shape index (κ1) is 32.6. The Morgan fingerprint density at radius 1 is 1.14 bits per heavy atom. The van der Waals surface area contributed by atoms with E-state index < -0.39 is 76.5 Å². The van der Waals surface area contributed by atoms with Crippen molar-refractivity contribution in [1.29, 1.82) is 5.26 Å². The van der Waals surface area contributed by atoms with E-state index in [0.717, 1.165) is 33.4 Å². The van der Waals surface area contributed by atoms with Crippen LogP contribution >= 0.6 is 11.8 Å². The van der Waals surface area contributed by atoms with Gasteiger partial charge in [-0.25, -0.2) is 14.5 Å². The van der Waals surface area contributed by atoms with Gasteiger partial charge in [-0.15, -0.1) is 11.8 Å². The summed E-state index contributed by atoms with van der Waals surface area (Å²) in [6, 6.07) is 5.08. The number of carbonyl (C=O) groups is 7. The molecule has 0 spiro atoms. The number of β-lactam (4-membered cyclic amide) rings is 1. The minimum Gasteiger partial charge on any atom is -0.543 e. The molecule has 42 heavy (non-hydrogen) atoms. The van der Waals surface area contributed by atoms with Crippen LogP contribution < -0.4 is 45.3 Å². The molecule has 2 N–H and O–H groups in total. The molecule has 2 saturated heterocycles. The van der Waals surface area contributed by atoms with Crippen molar-refractivity contribution in [1.82, 2.24) is 25.3 Å². The molecule has 1 aromatic rings. The van der Waals surface area contributed by atoms with Crippen LogP contribution in [0.3, 0.4) is 0 Å². The maximum atomic E-state index is 13.4. The molecule has 0 radical (unpaired) electrons. The number of nitrogens with zero attached hydrogens (tertiary/aromatic N) is 4. The molecule has 0 aliphatic carbocycles. The second kappa shape index (κ2) is 13.4. The minimum absolute atomic E-state index is 0. The van der Waals surface area contributed by atoms with Gasteiger partial charge in [0, 0.05) is 13.5 Å². The fourth-order valence-electron chi connectivity index (χ4n) is 4.54. The summed E-state index contributed by atoms with van der Waals surface area (Å²) in [6.07, 6.45) is -0.544. The third-order valence-corrected chi connectivity index (χ3v) is 7.81. The van der Waals surface area contributed by atoms with Crippen molar-refractivity contribution in [2.45, 2.75) is 43.0 Å². The zero-order valence-electron chi connectivity index (χ0n) is 22.7. The smallest absolute Gasteiger partial charge is 0.543 e. The molecule has 0 aromatic heterocycles. The van der Waals surface area contributed by atoms with E-state index in [9.17, 15) is 38.7 Å². The van der Waals surface area contributed by atoms with Crippen LogP contribution in [0.5, 0.6) is 0 Å². The molecule has 1 aromatic carbocycles. The number of imide groups is 2. The van der Waals surface area contributed by atoms with Gasteiger partial charge in [0.2, 0.25) is 11.8 Å². The molecule has 3 heterocycles. The number of urea groups is 2. The van der Waals surface area contributed by atoms with Gasteiger partial charge in [-0.1, -0.05) is 30.3 Å². The minimum atomic E-state index is -1.73. The number of esters is 1. The van der Waals surface area contributed by atoms with E-state index in [0.29, 0.717) is 5.56 Å². The van der Waals surface area contributed by atoms with E-state index in [2.05, 4.69) is 10.6 Å². The van der Waals surface area contributed by atoms with Crippen molar-refractivity contribution in [3.05, 3.63) is 47.4 Å². The zero-order valence-corrected chi connectivity index (χ0v) is 25.5. The number of ether oxygens (including phenoxy) is 1. The van der Waals surface area contributed by atoms with Gasteiger partial charge in [-0.2, -0.15) is 5.26 Å². The molecule has 17 heteroatoms. The number of amides is 7. The van der Waals surface area contributed by atoms with Crippen molar-refractivity contribution in [3.8, 4) is 6.07 Å². The largest absolute Gasteiger partial charge is 1.00 e. The maximum Gasteiger partial charge on any atom is 1.00 e. The first-order valence-corrected chi connectivity index (χ1v) is 13.2. The average molecular weight is 607 g/mol. The predicted octanol–water partition coefficient (Wildman–Crippen LogP) is -4.07.